The van der Waals surface area contributed by atoms with Gasteiger partial charge in [-0.1, -0.05) is 42.0 Å². The van der Waals surface area contributed by atoms with Crippen molar-refractivity contribution in [3.05, 3.63) is 70.8 Å². The summed E-state index contributed by atoms with van der Waals surface area (Å²) in [6, 6.07) is 14.6. The Morgan fingerprint density at radius 1 is 1.08 bits per heavy atom. The molecule has 1 atom stereocenters. The summed E-state index contributed by atoms with van der Waals surface area (Å²) >= 11 is 0. The predicted octanol–water partition coefficient (Wildman–Crippen LogP) is 6.18. The topological polar surface area (TPSA) is 29.5 Å². The molecule has 0 aliphatic heterocycles. The van der Waals surface area contributed by atoms with Gasteiger partial charge in [-0.3, -0.25) is 0 Å². The maximum absolute atomic E-state index is 10.8. The summed E-state index contributed by atoms with van der Waals surface area (Å²) < 4.78 is 6.13. The molecule has 0 fully saturated rings. The summed E-state index contributed by atoms with van der Waals surface area (Å²) in [4.78, 5) is 0. The van der Waals surface area contributed by atoms with Crippen LogP contribution in [0.15, 0.2) is 54.1 Å². The lowest BCUT2D eigenvalue weighted by Gasteiger charge is -2.26. The molecule has 0 saturated heterocycles. The number of hydrogen-bond donors (Lipinski definition) is 1. The Labute approximate surface area is 157 Å². The summed E-state index contributed by atoms with van der Waals surface area (Å²) in [6.07, 6.45) is 7.42. The van der Waals surface area contributed by atoms with Crippen molar-refractivity contribution in [3.8, 4) is 11.5 Å². The number of rotatable bonds is 6. The van der Waals surface area contributed by atoms with Crippen LogP contribution >= 0.6 is 0 Å². The molecule has 0 radical (unpaired) electrons. The molecule has 2 aromatic rings. The average Bonchev–Trinajstić information content (AvgIpc) is 2.60. The van der Waals surface area contributed by atoms with Crippen molar-refractivity contribution >= 4 is 0 Å². The molecule has 0 bridgehead atoms. The Kier molecular flexibility index (Phi) is 6.03. The Morgan fingerprint density at radius 3 is 2.50 bits per heavy atom. The van der Waals surface area contributed by atoms with Crippen LogP contribution in [-0.2, 0) is 12.8 Å². The Balaban J connectivity index is 1.86. The number of ether oxygens (including phenoxy) is 1. The SMILES string of the molecule is CC1=CCCC(c2c(O)cc(CCc3ccccc3)cc2OC(C)C)C1. The molecule has 2 aromatic carbocycles. The van der Waals surface area contributed by atoms with Gasteiger partial charge in [0.2, 0.25) is 0 Å². The van der Waals surface area contributed by atoms with E-state index in [2.05, 4.69) is 43.3 Å². The van der Waals surface area contributed by atoms with Gasteiger partial charge in [0.25, 0.3) is 0 Å². The second kappa shape index (κ2) is 8.44. The van der Waals surface area contributed by atoms with Gasteiger partial charge < -0.3 is 9.84 Å². The van der Waals surface area contributed by atoms with Gasteiger partial charge in [-0.2, -0.15) is 0 Å². The van der Waals surface area contributed by atoms with Crippen molar-refractivity contribution in [2.24, 2.45) is 0 Å². The van der Waals surface area contributed by atoms with Crippen molar-refractivity contribution in [3.63, 3.8) is 0 Å². The molecule has 3 rings (SSSR count). The van der Waals surface area contributed by atoms with Crippen LogP contribution in [0.25, 0.3) is 0 Å². The van der Waals surface area contributed by atoms with Crippen molar-refractivity contribution in [1.82, 2.24) is 0 Å². The normalized spacial score (nSPS) is 17.2. The van der Waals surface area contributed by atoms with Crippen molar-refractivity contribution in [1.29, 1.82) is 0 Å². The van der Waals surface area contributed by atoms with Gasteiger partial charge in [0, 0.05) is 5.56 Å². The van der Waals surface area contributed by atoms with E-state index in [1.54, 1.807) is 0 Å². The van der Waals surface area contributed by atoms with Crippen molar-refractivity contribution in [2.45, 2.75) is 64.9 Å². The Morgan fingerprint density at radius 2 is 1.81 bits per heavy atom. The van der Waals surface area contributed by atoms with E-state index < -0.39 is 0 Å². The van der Waals surface area contributed by atoms with Gasteiger partial charge in [-0.25, -0.2) is 0 Å². The molecule has 0 heterocycles. The Hall–Kier alpha value is -2.22. The van der Waals surface area contributed by atoms with Gasteiger partial charge in [0.15, 0.2) is 0 Å². The number of aromatic hydroxyl groups is 1. The fraction of sp³-hybridized carbons (Fsp3) is 0.417. The maximum atomic E-state index is 10.8. The highest BCUT2D eigenvalue weighted by atomic mass is 16.5. The van der Waals surface area contributed by atoms with E-state index in [-0.39, 0.29) is 6.10 Å². The predicted molar refractivity (Wildman–Crippen MR) is 108 cm³/mol. The monoisotopic (exact) mass is 350 g/mol. The van der Waals surface area contributed by atoms with E-state index in [1.165, 1.54) is 11.1 Å². The largest absolute Gasteiger partial charge is 0.508 e. The molecule has 2 heteroatoms. The quantitative estimate of drug-likeness (QED) is 0.630. The number of phenolic OH excluding ortho intramolecular Hbond substituents is 1. The lowest BCUT2D eigenvalue weighted by atomic mass is 9.82. The van der Waals surface area contributed by atoms with Gasteiger partial charge in [0.05, 0.1) is 6.10 Å². The third-order valence-electron chi connectivity index (χ3n) is 5.07. The maximum Gasteiger partial charge on any atom is 0.127 e. The van der Waals surface area contributed by atoms with Crippen LogP contribution in [0.2, 0.25) is 0 Å². The minimum Gasteiger partial charge on any atom is -0.508 e. The third-order valence-corrected chi connectivity index (χ3v) is 5.07. The van der Waals surface area contributed by atoms with Crippen LogP contribution in [0.1, 0.15) is 62.6 Å². The molecule has 0 spiro atoms. The Bertz CT molecular complexity index is 759. The fourth-order valence-corrected chi connectivity index (χ4v) is 3.86. The first-order chi connectivity index (χ1) is 12.5. The summed E-state index contributed by atoms with van der Waals surface area (Å²) in [5.41, 5.74) is 4.85. The zero-order valence-corrected chi connectivity index (χ0v) is 16.2. The lowest BCUT2D eigenvalue weighted by molar-refractivity contribution is 0.236. The summed E-state index contributed by atoms with van der Waals surface area (Å²) in [5, 5.41) is 10.8. The highest BCUT2D eigenvalue weighted by Crippen LogP contribution is 2.43. The minimum atomic E-state index is 0.0951. The first kappa shape index (κ1) is 18.6. The molecule has 0 aromatic heterocycles. The molecule has 0 saturated carbocycles. The van der Waals surface area contributed by atoms with E-state index in [1.807, 2.05) is 26.0 Å². The fourth-order valence-electron chi connectivity index (χ4n) is 3.86. The molecule has 1 aliphatic carbocycles. The molecule has 1 N–H and O–H groups in total. The third kappa shape index (κ3) is 4.69. The second-order valence-corrected chi connectivity index (χ2v) is 7.71. The second-order valence-electron chi connectivity index (χ2n) is 7.71. The highest BCUT2D eigenvalue weighted by Gasteiger charge is 2.24. The molecular formula is C24H30O2. The smallest absolute Gasteiger partial charge is 0.127 e. The van der Waals surface area contributed by atoms with Gasteiger partial charge in [-0.05, 0) is 82.1 Å². The number of allylic oxidation sites excluding steroid dienone is 2. The van der Waals surface area contributed by atoms with Crippen LogP contribution in [0.4, 0.5) is 0 Å². The van der Waals surface area contributed by atoms with Gasteiger partial charge >= 0.3 is 0 Å². The van der Waals surface area contributed by atoms with Crippen LogP contribution in [0.3, 0.4) is 0 Å². The molecule has 2 nitrogen and oxygen atoms in total. The van der Waals surface area contributed by atoms with Crippen LogP contribution in [0, 0.1) is 0 Å². The van der Waals surface area contributed by atoms with E-state index in [0.29, 0.717) is 11.7 Å². The standard InChI is InChI=1S/C24H30O2/c1-17(2)26-23-16-20(13-12-19-9-5-4-6-10-19)15-22(25)24(23)21-11-7-8-18(3)14-21/h4-6,8-10,15-17,21,25H,7,11-14H2,1-3H3. The van der Waals surface area contributed by atoms with E-state index in [9.17, 15) is 5.11 Å². The van der Waals surface area contributed by atoms with E-state index in [0.717, 1.165) is 49.0 Å². The van der Waals surface area contributed by atoms with Gasteiger partial charge in [0.1, 0.15) is 11.5 Å². The molecule has 138 valence electrons. The molecule has 1 aliphatic rings. The van der Waals surface area contributed by atoms with Crippen molar-refractivity contribution < 1.29 is 9.84 Å². The zero-order valence-electron chi connectivity index (χ0n) is 16.2. The number of hydrogen-bond acceptors (Lipinski definition) is 2. The number of aryl methyl sites for hydroxylation is 2. The first-order valence-corrected chi connectivity index (χ1v) is 9.75. The lowest BCUT2D eigenvalue weighted by Crippen LogP contribution is -2.12. The van der Waals surface area contributed by atoms with Crippen molar-refractivity contribution in [2.75, 3.05) is 0 Å². The summed E-state index contributed by atoms with van der Waals surface area (Å²) in [7, 11) is 0. The number of phenols is 1. The molecule has 0 amide bonds. The summed E-state index contributed by atoms with van der Waals surface area (Å²) in [5.74, 6) is 1.60. The van der Waals surface area contributed by atoms with Gasteiger partial charge in [-0.15, -0.1) is 0 Å². The molecular weight excluding hydrogens is 320 g/mol. The molecule has 1 unspecified atom stereocenters. The average molecular weight is 351 g/mol. The number of benzene rings is 2. The first-order valence-electron chi connectivity index (χ1n) is 9.75. The van der Waals surface area contributed by atoms with Crippen LogP contribution in [0.5, 0.6) is 11.5 Å². The minimum absolute atomic E-state index is 0.0951. The molecule has 26 heavy (non-hydrogen) atoms. The van der Waals surface area contributed by atoms with Crippen LogP contribution < -0.4 is 4.74 Å². The summed E-state index contributed by atoms with van der Waals surface area (Å²) in [6.45, 7) is 6.27. The van der Waals surface area contributed by atoms with E-state index in [4.69, 9.17) is 4.74 Å². The highest BCUT2D eigenvalue weighted by molar-refractivity contribution is 5.50. The zero-order chi connectivity index (χ0) is 18.5. The van der Waals surface area contributed by atoms with E-state index >= 15 is 0 Å². The van der Waals surface area contributed by atoms with Crippen LogP contribution in [-0.4, -0.2) is 11.2 Å².